The van der Waals surface area contributed by atoms with Crippen LogP contribution in [0.2, 0.25) is 0 Å². The highest BCUT2D eigenvalue weighted by Crippen LogP contribution is 2.13. The summed E-state index contributed by atoms with van der Waals surface area (Å²) in [5, 5.41) is 2.98. The van der Waals surface area contributed by atoms with E-state index in [0.717, 1.165) is 38.0 Å². The molecule has 25 heavy (non-hydrogen) atoms. The van der Waals surface area contributed by atoms with E-state index in [4.69, 9.17) is 10.5 Å². The number of ether oxygens (including phenoxy) is 1. The van der Waals surface area contributed by atoms with E-state index in [2.05, 4.69) is 24.1 Å². The van der Waals surface area contributed by atoms with E-state index in [-0.39, 0.29) is 30.7 Å². The maximum atomic E-state index is 12.2. The van der Waals surface area contributed by atoms with E-state index < -0.39 is 0 Å². The maximum absolute atomic E-state index is 12.2. The number of rotatable bonds is 6. The van der Waals surface area contributed by atoms with Gasteiger partial charge < -0.3 is 15.8 Å². The zero-order valence-corrected chi connectivity index (χ0v) is 16.9. The number of aryl methyl sites for hydroxylation is 1. The minimum Gasteiger partial charge on any atom is -0.399 e. The van der Waals surface area contributed by atoms with Crippen LogP contribution in [0.4, 0.5) is 5.69 Å². The Labute approximate surface area is 163 Å². The van der Waals surface area contributed by atoms with Gasteiger partial charge in [-0.3, -0.25) is 9.69 Å². The molecule has 2 unspecified atom stereocenters. The maximum Gasteiger partial charge on any atom is 0.251 e. The molecule has 1 aliphatic heterocycles. The summed E-state index contributed by atoms with van der Waals surface area (Å²) in [6.07, 6.45) is 2.68. The predicted molar refractivity (Wildman–Crippen MR) is 108 cm³/mol. The van der Waals surface area contributed by atoms with Crippen LogP contribution in [0.15, 0.2) is 18.2 Å². The van der Waals surface area contributed by atoms with E-state index in [1.54, 1.807) is 6.07 Å². The van der Waals surface area contributed by atoms with Gasteiger partial charge in [0, 0.05) is 30.9 Å². The first kappa shape index (κ1) is 24.0. The third kappa shape index (κ3) is 7.82. The molecule has 0 aliphatic carbocycles. The quantitative estimate of drug-likeness (QED) is 0.577. The van der Waals surface area contributed by atoms with Crippen LogP contribution in [-0.4, -0.2) is 49.2 Å². The first-order valence-corrected chi connectivity index (χ1v) is 8.48. The first-order valence-electron chi connectivity index (χ1n) is 8.48. The van der Waals surface area contributed by atoms with E-state index in [9.17, 15) is 4.79 Å². The number of hydrogen-bond acceptors (Lipinski definition) is 4. The molecule has 1 heterocycles. The molecule has 0 radical (unpaired) electrons. The Morgan fingerprint density at radius 1 is 1.24 bits per heavy atom. The van der Waals surface area contributed by atoms with Crippen molar-refractivity contribution in [3.63, 3.8) is 0 Å². The summed E-state index contributed by atoms with van der Waals surface area (Å²) in [5.41, 5.74) is 7.99. The summed E-state index contributed by atoms with van der Waals surface area (Å²) in [4.78, 5) is 14.6. The molecular weight excluding hydrogens is 361 g/mol. The molecular formula is C18H31Cl2N3O2. The highest BCUT2D eigenvalue weighted by molar-refractivity contribution is 5.96. The highest BCUT2D eigenvalue weighted by Gasteiger charge is 2.21. The Kier molecular flexibility index (Phi) is 11.1. The lowest BCUT2D eigenvalue weighted by Gasteiger charge is -2.35. The molecule has 3 N–H and O–H groups in total. The molecule has 2 atom stereocenters. The lowest BCUT2D eigenvalue weighted by molar-refractivity contribution is -0.0681. The molecule has 1 amide bonds. The molecule has 0 spiro atoms. The second-order valence-electron chi connectivity index (χ2n) is 6.55. The van der Waals surface area contributed by atoms with Crippen LogP contribution < -0.4 is 11.1 Å². The van der Waals surface area contributed by atoms with E-state index >= 15 is 0 Å². The average molecular weight is 392 g/mol. The molecule has 0 aromatic heterocycles. The van der Waals surface area contributed by atoms with Crippen molar-refractivity contribution in [1.82, 2.24) is 10.2 Å². The van der Waals surface area contributed by atoms with Crippen molar-refractivity contribution in [2.24, 2.45) is 0 Å². The number of benzene rings is 1. The summed E-state index contributed by atoms with van der Waals surface area (Å²) in [6, 6.07) is 5.43. The van der Waals surface area contributed by atoms with Gasteiger partial charge in [0.25, 0.3) is 5.91 Å². The van der Waals surface area contributed by atoms with Crippen molar-refractivity contribution in [3.8, 4) is 0 Å². The fourth-order valence-corrected chi connectivity index (χ4v) is 3.11. The Morgan fingerprint density at radius 3 is 2.52 bits per heavy atom. The lowest BCUT2D eigenvalue weighted by Crippen LogP contribution is -2.45. The number of hydrogen-bond donors (Lipinski definition) is 2. The number of nitrogens with one attached hydrogen (secondary N) is 1. The fourth-order valence-electron chi connectivity index (χ4n) is 3.11. The zero-order chi connectivity index (χ0) is 16.8. The number of halogens is 2. The molecule has 1 aromatic rings. The van der Waals surface area contributed by atoms with Gasteiger partial charge in [-0.25, -0.2) is 0 Å². The number of nitrogen functional groups attached to an aromatic ring is 1. The van der Waals surface area contributed by atoms with E-state index in [1.807, 2.05) is 19.1 Å². The summed E-state index contributed by atoms with van der Waals surface area (Å²) < 4.78 is 5.74. The molecule has 144 valence electrons. The van der Waals surface area contributed by atoms with Gasteiger partial charge in [0.05, 0.1) is 12.2 Å². The Bertz CT molecular complexity index is 533. The van der Waals surface area contributed by atoms with Crippen LogP contribution in [0.5, 0.6) is 0 Å². The Hall–Kier alpha value is -1.01. The summed E-state index contributed by atoms with van der Waals surface area (Å²) >= 11 is 0. The number of amides is 1. The summed E-state index contributed by atoms with van der Waals surface area (Å²) in [5.74, 6) is -0.0385. The second-order valence-corrected chi connectivity index (χ2v) is 6.55. The van der Waals surface area contributed by atoms with Crippen molar-refractivity contribution in [2.45, 2.75) is 45.8 Å². The minimum atomic E-state index is -0.0385. The SMILES string of the molecule is Cc1ccc(N)cc1C(=O)NCCCCN1CC(C)OC(C)C1.Cl.Cl. The number of nitrogens with zero attached hydrogens (tertiary/aromatic N) is 1. The van der Waals surface area contributed by atoms with Crippen molar-refractivity contribution < 1.29 is 9.53 Å². The van der Waals surface area contributed by atoms with Crippen molar-refractivity contribution in [1.29, 1.82) is 0 Å². The van der Waals surface area contributed by atoms with Gasteiger partial charge in [-0.05, 0) is 57.9 Å². The topological polar surface area (TPSA) is 67.6 Å². The monoisotopic (exact) mass is 391 g/mol. The molecule has 0 saturated carbocycles. The zero-order valence-electron chi connectivity index (χ0n) is 15.3. The largest absolute Gasteiger partial charge is 0.399 e. The molecule has 0 bridgehead atoms. The third-order valence-electron chi connectivity index (χ3n) is 4.19. The second kappa shape index (κ2) is 11.6. The standard InChI is InChI=1S/C18H29N3O2.2ClH/c1-13-6-7-16(19)10-17(13)18(22)20-8-4-5-9-21-11-14(2)23-15(3)12-21;;/h6-7,10,14-15H,4-5,8-9,11-12,19H2,1-3H3,(H,20,22);2*1H. The van der Waals surface area contributed by atoms with Gasteiger partial charge in [-0.1, -0.05) is 6.07 Å². The number of nitrogens with two attached hydrogens (primary N) is 1. The van der Waals surface area contributed by atoms with Crippen LogP contribution >= 0.6 is 24.8 Å². The third-order valence-corrected chi connectivity index (χ3v) is 4.19. The predicted octanol–water partition coefficient (Wildman–Crippen LogP) is 3.04. The summed E-state index contributed by atoms with van der Waals surface area (Å²) in [6.45, 7) is 9.93. The van der Waals surface area contributed by atoms with E-state index in [0.29, 0.717) is 30.0 Å². The Balaban J connectivity index is 0.00000288. The lowest BCUT2D eigenvalue weighted by atomic mass is 10.1. The molecule has 1 fully saturated rings. The van der Waals surface area contributed by atoms with Gasteiger partial charge in [0.1, 0.15) is 0 Å². The number of anilines is 1. The molecule has 1 aromatic carbocycles. The minimum absolute atomic E-state index is 0. The van der Waals surface area contributed by atoms with Crippen molar-refractivity contribution >= 4 is 36.4 Å². The van der Waals surface area contributed by atoms with Crippen molar-refractivity contribution in [2.75, 3.05) is 31.9 Å². The molecule has 7 heteroatoms. The smallest absolute Gasteiger partial charge is 0.251 e. The highest BCUT2D eigenvalue weighted by atomic mass is 35.5. The molecule has 1 aliphatic rings. The van der Waals surface area contributed by atoms with Crippen LogP contribution in [0, 0.1) is 6.92 Å². The van der Waals surface area contributed by atoms with Gasteiger partial charge in [0.15, 0.2) is 0 Å². The number of carbonyl (C=O) groups excluding carboxylic acids is 1. The molecule has 5 nitrogen and oxygen atoms in total. The number of unbranched alkanes of at least 4 members (excludes halogenated alkanes) is 1. The number of carbonyl (C=O) groups is 1. The Morgan fingerprint density at radius 2 is 1.88 bits per heavy atom. The summed E-state index contributed by atoms with van der Waals surface area (Å²) in [7, 11) is 0. The van der Waals surface area contributed by atoms with Gasteiger partial charge in [-0.2, -0.15) is 0 Å². The van der Waals surface area contributed by atoms with Gasteiger partial charge in [-0.15, -0.1) is 24.8 Å². The molecule has 2 rings (SSSR count). The van der Waals surface area contributed by atoms with Crippen molar-refractivity contribution in [3.05, 3.63) is 29.3 Å². The molecule has 1 saturated heterocycles. The van der Waals surface area contributed by atoms with Crippen LogP contribution in [0.1, 0.15) is 42.6 Å². The first-order chi connectivity index (χ1) is 11.0. The fraction of sp³-hybridized carbons (Fsp3) is 0.611. The number of morpholine rings is 1. The van der Waals surface area contributed by atoms with Crippen LogP contribution in [0.3, 0.4) is 0 Å². The van der Waals surface area contributed by atoms with Crippen LogP contribution in [-0.2, 0) is 4.74 Å². The normalized spacial score (nSPS) is 20.3. The van der Waals surface area contributed by atoms with Crippen LogP contribution in [0.25, 0.3) is 0 Å². The van der Waals surface area contributed by atoms with Gasteiger partial charge in [0.2, 0.25) is 0 Å². The van der Waals surface area contributed by atoms with Gasteiger partial charge >= 0.3 is 0 Å². The average Bonchev–Trinajstić information content (AvgIpc) is 2.48. The van der Waals surface area contributed by atoms with E-state index in [1.165, 1.54) is 0 Å².